The van der Waals surface area contributed by atoms with Crippen molar-refractivity contribution in [3.8, 4) is 11.3 Å². The number of aliphatic hydroxyl groups excluding tert-OH is 1. The normalized spacial score (nSPS) is 12.5. The Kier molecular flexibility index (Phi) is 2.97. The molecule has 3 heteroatoms. The predicted molar refractivity (Wildman–Crippen MR) is 75.6 cm³/mol. The fraction of sp³-hybridized carbons (Fsp3) is 0.125. The van der Waals surface area contributed by atoms with Gasteiger partial charge in [0.25, 0.3) is 0 Å². The average Bonchev–Trinajstić information content (AvgIpc) is 2.47. The van der Waals surface area contributed by atoms with Gasteiger partial charge >= 0.3 is 0 Å². The first-order valence-corrected chi connectivity index (χ1v) is 6.25. The largest absolute Gasteiger partial charge is 0.387 e. The summed E-state index contributed by atoms with van der Waals surface area (Å²) in [5, 5.41) is 10.7. The molecule has 0 spiro atoms. The standard InChI is InChI=1S/C16H14N2O/c1-11(19)14-8-3-9-15(18-14)13-7-2-5-12-6-4-10-17-16(12)13/h2-11,19H,1H3. The molecule has 19 heavy (non-hydrogen) atoms. The van der Waals surface area contributed by atoms with Crippen molar-refractivity contribution in [2.24, 2.45) is 0 Å². The van der Waals surface area contributed by atoms with Crippen molar-refractivity contribution < 1.29 is 5.11 Å². The second-order valence-corrected chi connectivity index (χ2v) is 4.50. The Bertz CT molecular complexity index is 717. The van der Waals surface area contributed by atoms with Crippen LogP contribution >= 0.6 is 0 Å². The molecule has 1 aromatic carbocycles. The monoisotopic (exact) mass is 250 g/mol. The topological polar surface area (TPSA) is 46.0 Å². The van der Waals surface area contributed by atoms with Crippen molar-refractivity contribution >= 4 is 10.9 Å². The number of nitrogens with zero attached hydrogens (tertiary/aromatic N) is 2. The number of aromatic nitrogens is 2. The molecule has 1 unspecified atom stereocenters. The number of fused-ring (bicyclic) bond motifs is 1. The SMILES string of the molecule is CC(O)c1cccc(-c2cccc3cccnc23)n1. The van der Waals surface area contributed by atoms with Gasteiger partial charge in [-0.25, -0.2) is 0 Å². The van der Waals surface area contributed by atoms with E-state index in [1.165, 1.54) is 0 Å². The average molecular weight is 250 g/mol. The molecule has 0 radical (unpaired) electrons. The highest BCUT2D eigenvalue weighted by Gasteiger charge is 2.08. The van der Waals surface area contributed by atoms with Gasteiger partial charge in [0.2, 0.25) is 0 Å². The number of rotatable bonds is 2. The zero-order chi connectivity index (χ0) is 13.2. The Morgan fingerprint density at radius 1 is 1.00 bits per heavy atom. The van der Waals surface area contributed by atoms with Crippen molar-refractivity contribution in [2.75, 3.05) is 0 Å². The third-order valence-corrected chi connectivity index (χ3v) is 3.11. The second kappa shape index (κ2) is 4.78. The zero-order valence-corrected chi connectivity index (χ0v) is 10.6. The van der Waals surface area contributed by atoms with E-state index in [2.05, 4.69) is 9.97 Å². The fourth-order valence-electron chi connectivity index (χ4n) is 2.15. The van der Waals surface area contributed by atoms with Gasteiger partial charge in [-0.2, -0.15) is 0 Å². The van der Waals surface area contributed by atoms with Crippen LogP contribution in [0.3, 0.4) is 0 Å². The smallest absolute Gasteiger partial charge is 0.0932 e. The van der Waals surface area contributed by atoms with Crippen LogP contribution in [0, 0.1) is 0 Å². The van der Waals surface area contributed by atoms with Crippen LogP contribution in [0.5, 0.6) is 0 Å². The lowest BCUT2D eigenvalue weighted by molar-refractivity contribution is 0.194. The molecule has 3 aromatic rings. The Labute approximate surface area is 111 Å². The summed E-state index contributed by atoms with van der Waals surface area (Å²) in [4.78, 5) is 8.93. The highest BCUT2D eigenvalue weighted by molar-refractivity contribution is 5.92. The van der Waals surface area contributed by atoms with E-state index in [-0.39, 0.29) is 0 Å². The van der Waals surface area contributed by atoms with Crippen molar-refractivity contribution in [1.29, 1.82) is 0 Å². The van der Waals surface area contributed by atoms with Crippen molar-refractivity contribution in [3.05, 3.63) is 60.4 Å². The molecule has 2 heterocycles. The summed E-state index contributed by atoms with van der Waals surface area (Å²) in [5.74, 6) is 0. The number of benzene rings is 1. The number of hydrogen-bond donors (Lipinski definition) is 1. The Balaban J connectivity index is 2.22. The number of hydrogen-bond acceptors (Lipinski definition) is 3. The number of para-hydroxylation sites is 1. The van der Waals surface area contributed by atoms with Gasteiger partial charge in [-0.3, -0.25) is 9.97 Å². The van der Waals surface area contributed by atoms with E-state index in [4.69, 9.17) is 0 Å². The molecule has 3 rings (SSSR count). The van der Waals surface area contributed by atoms with Crippen LogP contribution in [0.15, 0.2) is 54.7 Å². The van der Waals surface area contributed by atoms with Gasteiger partial charge < -0.3 is 5.11 Å². The van der Waals surface area contributed by atoms with Gasteiger partial charge in [0, 0.05) is 17.1 Å². The van der Waals surface area contributed by atoms with Crippen molar-refractivity contribution in [3.63, 3.8) is 0 Å². The molecule has 0 bridgehead atoms. The van der Waals surface area contributed by atoms with Crippen LogP contribution < -0.4 is 0 Å². The van der Waals surface area contributed by atoms with Crippen LogP contribution in [0.1, 0.15) is 18.7 Å². The Morgan fingerprint density at radius 3 is 2.63 bits per heavy atom. The zero-order valence-electron chi connectivity index (χ0n) is 10.6. The molecule has 0 amide bonds. The first-order valence-electron chi connectivity index (χ1n) is 6.25. The van der Waals surface area contributed by atoms with Crippen LogP contribution in [-0.4, -0.2) is 15.1 Å². The van der Waals surface area contributed by atoms with Gasteiger partial charge in [-0.15, -0.1) is 0 Å². The van der Waals surface area contributed by atoms with E-state index in [0.717, 1.165) is 22.2 Å². The van der Waals surface area contributed by atoms with E-state index in [9.17, 15) is 5.11 Å². The first kappa shape index (κ1) is 11.8. The minimum absolute atomic E-state index is 0.567. The minimum Gasteiger partial charge on any atom is -0.387 e. The molecule has 0 saturated carbocycles. The van der Waals surface area contributed by atoms with Gasteiger partial charge in [-0.05, 0) is 25.1 Å². The minimum atomic E-state index is -0.567. The highest BCUT2D eigenvalue weighted by Crippen LogP contribution is 2.26. The molecule has 0 fully saturated rings. The quantitative estimate of drug-likeness (QED) is 0.758. The molecule has 1 atom stereocenters. The van der Waals surface area contributed by atoms with Gasteiger partial charge in [-0.1, -0.05) is 30.3 Å². The summed E-state index contributed by atoms with van der Waals surface area (Å²) in [6, 6.07) is 15.7. The number of pyridine rings is 2. The van der Waals surface area contributed by atoms with E-state index < -0.39 is 6.10 Å². The molecular weight excluding hydrogens is 236 g/mol. The summed E-state index contributed by atoms with van der Waals surface area (Å²) in [6.07, 6.45) is 1.22. The van der Waals surface area contributed by atoms with Gasteiger partial charge in [0.05, 0.1) is 23.0 Å². The summed E-state index contributed by atoms with van der Waals surface area (Å²) in [6.45, 7) is 1.72. The van der Waals surface area contributed by atoms with Crippen LogP contribution in [-0.2, 0) is 0 Å². The highest BCUT2D eigenvalue weighted by atomic mass is 16.3. The number of aliphatic hydroxyl groups is 1. The molecule has 94 valence electrons. The molecule has 2 aromatic heterocycles. The maximum atomic E-state index is 9.63. The lowest BCUT2D eigenvalue weighted by Gasteiger charge is -2.08. The summed E-state index contributed by atoms with van der Waals surface area (Å²) < 4.78 is 0. The summed E-state index contributed by atoms with van der Waals surface area (Å²) >= 11 is 0. The lowest BCUT2D eigenvalue weighted by atomic mass is 10.1. The molecule has 3 nitrogen and oxygen atoms in total. The fourth-order valence-corrected chi connectivity index (χ4v) is 2.15. The Hall–Kier alpha value is -2.26. The van der Waals surface area contributed by atoms with Crippen LogP contribution in [0.2, 0.25) is 0 Å². The van der Waals surface area contributed by atoms with Crippen LogP contribution in [0.4, 0.5) is 0 Å². The third-order valence-electron chi connectivity index (χ3n) is 3.11. The maximum Gasteiger partial charge on any atom is 0.0932 e. The maximum absolute atomic E-state index is 9.63. The Morgan fingerprint density at radius 2 is 1.79 bits per heavy atom. The van der Waals surface area contributed by atoms with Crippen molar-refractivity contribution in [2.45, 2.75) is 13.0 Å². The molecule has 1 N–H and O–H groups in total. The molecular formula is C16H14N2O. The van der Waals surface area contributed by atoms with E-state index in [1.807, 2.05) is 48.5 Å². The lowest BCUT2D eigenvalue weighted by Crippen LogP contribution is -1.97. The predicted octanol–water partition coefficient (Wildman–Crippen LogP) is 3.35. The van der Waals surface area contributed by atoms with Gasteiger partial charge in [0.15, 0.2) is 0 Å². The van der Waals surface area contributed by atoms with Crippen molar-refractivity contribution in [1.82, 2.24) is 9.97 Å². The molecule has 0 aliphatic carbocycles. The summed E-state index contributed by atoms with van der Waals surface area (Å²) in [5.41, 5.74) is 3.42. The van der Waals surface area contributed by atoms with E-state index >= 15 is 0 Å². The summed E-state index contributed by atoms with van der Waals surface area (Å²) in [7, 11) is 0. The second-order valence-electron chi connectivity index (χ2n) is 4.50. The first-order chi connectivity index (χ1) is 9.25. The molecule has 0 aliphatic rings. The van der Waals surface area contributed by atoms with E-state index in [1.54, 1.807) is 13.1 Å². The molecule has 0 saturated heterocycles. The third kappa shape index (κ3) is 2.20. The van der Waals surface area contributed by atoms with Crippen LogP contribution in [0.25, 0.3) is 22.2 Å². The molecule has 0 aliphatic heterocycles. The van der Waals surface area contributed by atoms with E-state index in [0.29, 0.717) is 5.69 Å². The van der Waals surface area contributed by atoms with Gasteiger partial charge in [0.1, 0.15) is 0 Å².